The summed E-state index contributed by atoms with van der Waals surface area (Å²) in [6.45, 7) is 1.81. The third-order valence-corrected chi connectivity index (χ3v) is 4.62. The van der Waals surface area contributed by atoms with Gasteiger partial charge < -0.3 is 9.52 Å². The fourth-order valence-electron chi connectivity index (χ4n) is 3.37. The van der Waals surface area contributed by atoms with Gasteiger partial charge in [0.1, 0.15) is 5.75 Å². The molecule has 0 saturated carbocycles. The van der Waals surface area contributed by atoms with E-state index in [1.165, 1.54) is 11.1 Å². The van der Waals surface area contributed by atoms with Crippen LogP contribution in [0.5, 0.6) is 5.75 Å². The van der Waals surface area contributed by atoms with Gasteiger partial charge in [-0.05, 0) is 30.2 Å². The van der Waals surface area contributed by atoms with Crippen molar-refractivity contribution in [2.75, 3.05) is 0 Å². The number of amides is 1. The highest BCUT2D eigenvalue weighted by atomic mass is 16.4. The molecule has 1 aliphatic heterocycles. The normalized spacial score (nSPS) is 16.7. The van der Waals surface area contributed by atoms with Crippen molar-refractivity contribution in [1.29, 1.82) is 0 Å². The topological polar surface area (TPSA) is 83.1 Å². The molecule has 0 saturated heterocycles. The molecule has 3 aromatic rings. The van der Waals surface area contributed by atoms with Crippen molar-refractivity contribution in [3.8, 4) is 5.75 Å². The average Bonchev–Trinajstić information content (AvgIpc) is 3.06. The smallest absolute Gasteiger partial charge is 0.336 e. The van der Waals surface area contributed by atoms with E-state index in [-0.39, 0.29) is 17.4 Å². The first-order valence-electron chi connectivity index (χ1n) is 8.21. The van der Waals surface area contributed by atoms with Crippen LogP contribution < -0.4 is 5.63 Å². The molecule has 0 fully saturated rings. The van der Waals surface area contributed by atoms with Crippen LogP contribution in [-0.2, 0) is 4.79 Å². The Balaban J connectivity index is 1.87. The Morgan fingerprint density at radius 1 is 1.23 bits per heavy atom. The first-order chi connectivity index (χ1) is 12.6. The summed E-state index contributed by atoms with van der Waals surface area (Å²) in [5.74, 6) is -0.0374. The number of carbonyl (C=O) groups excluding carboxylic acids is 1. The van der Waals surface area contributed by atoms with Crippen molar-refractivity contribution in [2.24, 2.45) is 5.10 Å². The van der Waals surface area contributed by atoms with Gasteiger partial charge in [0.2, 0.25) is 6.41 Å². The Hall–Kier alpha value is -3.41. The first-order valence-corrected chi connectivity index (χ1v) is 8.21. The summed E-state index contributed by atoms with van der Waals surface area (Å²) < 4.78 is 5.37. The van der Waals surface area contributed by atoms with Gasteiger partial charge in [-0.15, -0.1) is 0 Å². The van der Waals surface area contributed by atoms with Crippen LogP contribution in [0.1, 0.15) is 29.2 Å². The molecule has 0 aliphatic carbocycles. The molecule has 0 spiro atoms. The van der Waals surface area contributed by atoms with Gasteiger partial charge in [-0.1, -0.05) is 30.3 Å². The largest absolute Gasteiger partial charge is 0.507 e. The number of hydrogen-bond donors (Lipinski definition) is 1. The van der Waals surface area contributed by atoms with E-state index in [4.69, 9.17) is 4.42 Å². The molecule has 130 valence electrons. The van der Waals surface area contributed by atoms with E-state index in [9.17, 15) is 14.7 Å². The minimum absolute atomic E-state index is 0.0374. The molecule has 0 radical (unpaired) electrons. The molecule has 1 aliphatic rings. The molecule has 26 heavy (non-hydrogen) atoms. The maximum atomic E-state index is 11.8. The lowest BCUT2D eigenvalue weighted by Crippen LogP contribution is -2.17. The van der Waals surface area contributed by atoms with Gasteiger partial charge in [0, 0.05) is 17.9 Å². The fraction of sp³-hybridized carbons (Fsp3) is 0.150. The minimum atomic E-state index is -0.493. The van der Waals surface area contributed by atoms with Gasteiger partial charge in [-0.25, -0.2) is 9.80 Å². The van der Waals surface area contributed by atoms with Gasteiger partial charge in [0.05, 0.1) is 17.3 Å². The molecule has 6 heteroatoms. The summed E-state index contributed by atoms with van der Waals surface area (Å²) in [4.78, 5) is 23.3. The second-order valence-electron chi connectivity index (χ2n) is 6.25. The molecule has 0 bridgehead atoms. The molecule has 2 aromatic carbocycles. The predicted molar refractivity (Wildman–Crippen MR) is 97.1 cm³/mol. The Morgan fingerprint density at radius 3 is 2.73 bits per heavy atom. The number of nitrogens with zero attached hydrogens (tertiary/aromatic N) is 2. The van der Waals surface area contributed by atoms with Gasteiger partial charge in [0.25, 0.3) is 0 Å². The monoisotopic (exact) mass is 348 g/mol. The number of phenols is 1. The summed E-state index contributed by atoms with van der Waals surface area (Å²) in [5, 5.41) is 16.8. The number of hydrogen-bond acceptors (Lipinski definition) is 5. The summed E-state index contributed by atoms with van der Waals surface area (Å²) >= 11 is 0. The van der Waals surface area contributed by atoms with E-state index in [1.807, 2.05) is 30.3 Å². The number of phenolic OH excluding ortho intramolecular Hbond substituents is 1. The fourth-order valence-corrected chi connectivity index (χ4v) is 3.37. The lowest BCUT2D eigenvalue weighted by atomic mass is 9.96. The van der Waals surface area contributed by atoms with Crippen LogP contribution in [0.2, 0.25) is 0 Å². The lowest BCUT2D eigenvalue weighted by Gasteiger charge is -2.17. The number of benzene rings is 2. The van der Waals surface area contributed by atoms with Crippen molar-refractivity contribution in [3.63, 3.8) is 0 Å². The highest BCUT2D eigenvalue weighted by molar-refractivity contribution is 6.12. The van der Waals surface area contributed by atoms with Gasteiger partial charge in [-0.3, -0.25) is 4.79 Å². The molecule has 6 nitrogen and oxygen atoms in total. The molecular formula is C20H16N2O4. The number of aryl methyl sites for hydroxylation is 1. The second kappa shape index (κ2) is 6.15. The molecule has 0 unspecified atom stereocenters. The SMILES string of the molecule is Cc1cc(=O)oc2c(C3=NN(C=O)[C@H](c4ccccc4)C3)c(O)ccc12. The average molecular weight is 348 g/mol. The second-order valence-corrected chi connectivity index (χ2v) is 6.25. The quantitative estimate of drug-likeness (QED) is 0.582. The zero-order valence-electron chi connectivity index (χ0n) is 14.0. The Kier molecular flexibility index (Phi) is 3.80. The third kappa shape index (κ3) is 2.56. The number of fused-ring (bicyclic) bond motifs is 1. The number of rotatable bonds is 3. The van der Waals surface area contributed by atoms with Crippen molar-refractivity contribution in [2.45, 2.75) is 19.4 Å². The maximum absolute atomic E-state index is 11.8. The summed E-state index contributed by atoms with van der Waals surface area (Å²) in [6.07, 6.45) is 1.07. The Morgan fingerprint density at radius 2 is 2.00 bits per heavy atom. The maximum Gasteiger partial charge on any atom is 0.336 e. The summed E-state index contributed by atoms with van der Waals surface area (Å²) in [6, 6.07) is 13.9. The van der Waals surface area contributed by atoms with Crippen LogP contribution in [0.15, 0.2) is 62.8 Å². The third-order valence-electron chi connectivity index (χ3n) is 4.62. The standard InChI is InChI=1S/C20H16N2O4/c1-12-9-18(25)26-20-14(12)7-8-17(24)19(20)15-10-16(22(11-23)21-15)13-5-3-2-4-6-13/h2-9,11,16,24H,10H2,1H3/t16-/m0/s1. The summed E-state index contributed by atoms with van der Waals surface area (Å²) in [7, 11) is 0. The lowest BCUT2D eigenvalue weighted by molar-refractivity contribution is -0.119. The van der Waals surface area contributed by atoms with Crippen LogP contribution in [0.3, 0.4) is 0 Å². The molecule has 1 amide bonds. The van der Waals surface area contributed by atoms with Crippen molar-refractivity contribution in [3.05, 3.63) is 75.6 Å². The van der Waals surface area contributed by atoms with Crippen molar-refractivity contribution < 1.29 is 14.3 Å². The highest BCUT2D eigenvalue weighted by Gasteiger charge is 2.31. The molecule has 4 rings (SSSR count). The van der Waals surface area contributed by atoms with Gasteiger partial charge >= 0.3 is 5.63 Å². The summed E-state index contributed by atoms with van der Waals surface area (Å²) in [5.41, 5.74) is 2.34. The highest BCUT2D eigenvalue weighted by Crippen LogP contribution is 2.36. The van der Waals surface area contributed by atoms with Crippen LogP contribution in [0.4, 0.5) is 0 Å². The van der Waals surface area contributed by atoms with Gasteiger partial charge in [-0.2, -0.15) is 5.10 Å². The van der Waals surface area contributed by atoms with Crippen LogP contribution in [0, 0.1) is 6.92 Å². The molecule has 1 atom stereocenters. The van der Waals surface area contributed by atoms with Crippen molar-refractivity contribution in [1.82, 2.24) is 5.01 Å². The minimum Gasteiger partial charge on any atom is -0.507 e. The van der Waals surface area contributed by atoms with Crippen molar-refractivity contribution >= 4 is 23.1 Å². The van der Waals surface area contributed by atoms with E-state index in [2.05, 4.69) is 5.10 Å². The van der Waals surface area contributed by atoms with Crippen LogP contribution >= 0.6 is 0 Å². The molecule has 1 N–H and O–H groups in total. The predicted octanol–water partition coefficient (Wildman–Crippen LogP) is 3.11. The molecular weight excluding hydrogens is 332 g/mol. The van der Waals surface area contributed by atoms with Crippen LogP contribution in [0.25, 0.3) is 11.0 Å². The first kappa shape index (κ1) is 16.1. The zero-order chi connectivity index (χ0) is 18.3. The number of aromatic hydroxyl groups is 1. The van der Waals surface area contributed by atoms with E-state index in [1.54, 1.807) is 19.1 Å². The van der Waals surface area contributed by atoms with E-state index >= 15 is 0 Å². The van der Waals surface area contributed by atoms with Crippen LogP contribution in [-0.4, -0.2) is 22.2 Å². The number of hydrazone groups is 1. The van der Waals surface area contributed by atoms with Gasteiger partial charge in [0.15, 0.2) is 5.58 Å². The molecule has 2 heterocycles. The zero-order valence-corrected chi connectivity index (χ0v) is 14.0. The van der Waals surface area contributed by atoms with E-state index in [0.717, 1.165) is 16.5 Å². The Labute approximate surface area is 149 Å². The molecule has 1 aromatic heterocycles. The van der Waals surface area contributed by atoms with E-state index < -0.39 is 5.63 Å². The Bertz CT molecular complexity index is 1090. The van der Waals surface area contributed by atoms with E-state index in [0.29, 0.717) is 24.1 Å². The number of carbonyl (C=O) groups is 1.